The first-order chi connectivity index (χ1) is 13.4. The average Bonchev–Trinajstić information content (AvgIpc) is 2.83. The third kappa shape index (κ3) is 4.06. The average molecular weight is 383 g/mol. The number of carboxylic acid groups (broad SMARTS) is 1. The molecule has 1 unspecified atom stereocenters. The van der Waals surface area contributed by atoms with Gasteiger partial charge in [-0.25, -0.2) is 4.39 Å². The number of hydrogen-bond donors (Lipinski definition) is 2. The highest BCUT2D eigenvalue weighted by Crippen LogP contribution is 2.35. The van der Waals surface area contributed by atoms with Crippen molar-refractivity contribution in [2.75, 3.05) is 12.4 Å². The normalized spacial score (nSPS) is 15.8. The fourth-order valence-electron chi connectivity index (χ4n) is 3.48. The zero-order valence-corrected chi connectivity index (χ0v) is 15.8. The molecule has 3 rings (SSSR count). The second-order valence-corrected chi connectivity index (χ2v) is 6.85. The molecule has 0 fully saturated rings. The van der Waals surface area contributed by atoms with E-state index >= 15 is 0 Å². The molecular formula is C22H22FNO4. The van der Waals surface area contributed by atoms with Gasteiger partial charge >= 0.3 is 5.97 Å². The molecule has 0 aliphatic heterocycles. The molecule has 0 spiro atoms. The lowest BCUT2D eigenvalue weighted by atomic mass is 9.92. The maximum absolute atomic E-state index is 14.3. The van der Waals surface area contributed by atoms with E-state index < -0.39 is 18.2 Å². The highest BCUT2D eigenvalue weighted by atomic mass is 19.1. The molecule has 1 amide bonds. The van der Waals surface area contributed by atoms with Crippen LogP contribution in [0.2, 0.25) is 0 Å². The number of carbonyl (C=O) groups is 2. The summed E-state index contributed by atoms with van der Waals surface area (Å²) >= 11 is 0. The molecule has 146 valence electrons. The van der Waals surface area contributed by atoms with E-state index in [-0.39, 0.29) is 22.9 Å². The van der Waals surface area contributed by atoms with Gasteiger partial charge in [0.15, 0.2) is 0 Å². The van der Waals surface area contributed by atoms with Gasteiger partial charge in [-0.15, -0.1) is 0 Å². The predicted octanol–water partition coefficient (Wildman–Crippen LogP) is 4.38. The van der Waals surface area contributed by atoms with E-state index in [9.17, 15) is 14.0 Å². The second kappa shape index (κ2) is 8.25. The summed E-state index contributed by atoms with van der Waals surface area (Å²) in [4.78, 5) is 23.9. The van der Waals surface area contributed by atoms with Crippen LogP contribution in [0.1, 0.15) is 42.4 Å². The Morgan fingerprint density at radius 1 is 1.29 bits per heavy atom. The number of hydrogen-bond acceptors (Lipinski definition) is 3. The van der Waals surface area contributed by atoms with Gasteiger partial charge in [-0.2, -0.15) is 0 Å². The summed E-state index contributed by atoms with van der Waals surface area (Å²) in [7, 11) is 1.38. The van der Waals surface area contributed by atoms with E-state index in [2.05, 4.69) is 12.2 Å². The van der Waals surface area contributed by atoms with Gasteiger partial charge in [-0.3, -0.25) is 9.59 Å². The topological polar surface area (TPSA) is 75.6 Å². The van der Waals surface area contributed by atoms with E-state index in [1.807, 2.05) is 30.3 Å². The monoisotopic (exact) mass is 383 g/mol. The molecule has 0 aromatic heterocycles. The number of halogens is 1. The number of methoxy groups -OCH3 is 1. The zero-order valence-electron chi connectivity index (χ0n) is 15.8. The molecule has 2 N–H and O–H groups in total. The van der Waals surface area contributed by atoms with Crippen LogP contribution in [0.3, 0.4) is 0 Å². The Kier molecular flexibility index (Phi) is 5.78. The minimum atomic E-state index is -1.15. The van der Waals surface area contributed by atoms with Crippen LogP contribution in [0, 0.1) is 5.82 Å². The van der Waals surface area contributed by atoms with Gasteiger partial charge in [0.25, 0.3) is 5.91 Å². The quantitative estimate of drug-likeness (QED) is 0.803. The Morgan fingerprint density at radius 3 is 2.75 bits per heavy atom. The molecule has 1 aliphatic carbocycles. The van der Waals surface area contributed by atoms with E-state index in [1.165, 1.54) is 13.2 Å². The third-order valence-electron chi connectivity index (χ3n) is 4.93. The van der Waals surface area contributed by atoms with Crippen LogP contribution in [-0.4, -0.2) is 24.1 Å². The van der Waals surface area contributed by atoms with E-state index in [4.69, 9.17) is 9.84 Å². The first-order valence-electron chi connectivity index (χ1n) is 9.09. The number of rotatable bonds is 5. The Hall–Kier alpha value is -3.15. The van der Waals surface area contributed by atoms with Crippen molar-refractivity contribution in [1.82, 2.24) is 0 Å². The van der Waals surface area contributed by atoms with Gasteiger partial charge in [0, 0.05) is 17.2 Å². The number of carboxylic acids is 1. The molecule has 6 heteroatoms. The number of aliphatic carboxylic acids is 1. The molecule has 2 aromatic rings. The summed E-state index contributed by atoms with van der Waals surface area (Å²) in [6, 6.07) is 10.2. The maximum atomic E-state index is 14.3. The molecule has 0 heterocycles. The Morgan fingerprint density at radius 2 is 2.04 bits per heavy atom. The number of ether oxygens (including phenoxy) is 1. The molecular weight excluding hydrogens is 361 g/mol. The summed E-state index contributed by atoms with van der Waals surface area (Å²) < 4.78 is 19.5. The van der Waals surface area contributed by atoms with Gasteiger partial charge < -0.3 is 15.2 Å². The first-order valence-corrected chi connectivity index (χ1v) is 9.09. The van der Waals surface area contributed by atoms with Crippen molar-refractivity contribution in [3.63, 3.8) is 0 Å². The molecule has 28 heavy (non-hydrogen) atoms. The van der Waals surface area contributed by atoms with Crippen molar-refractivity contribution < 1.29 is 23.8 Å². The molecule has 1 atom stereocenters. The number of amides is 1. The summed E-state index contributed by atoms with van der Waals surface area (Å²) in [6.45, 7) is 2.13. The molecule has 0 saturated heterocycles. The Balaban J connectivity index is 1.93. The highest BCUT2D eigenvalue weighted by molar-refractivity contribution is 6.26. The standard InChI is InChI=1S/C22H22FNO4/c1-13-6-5-9-17(16-8-4-3-7-15(13)16)22(27)24-19-12-18(23)14(11-21(25)26)10-20(19)28-2/h3-4,7-10,12-13H,5-6,11H2,1-2H3,(H,24,27)(H,25,26). The van der Waals surface area contributed by atoms with E-state index in [1.54, 1.807) is 0 Å². The van der Waals surface area contributed by atoms with Gasteiger partial charge in [0.1, 0.15) is 11.6 Å². The summed E-state index contributed by atoms with van der Waals surface area (Å²) in [5, 5.41) is 11.6. The number of allylic oxidation sites excluding steroid dienone is 1. The molecule has 0 saturated carbocycles. The van der Waals surface area contributed by atoms with E-state index in [0.717, 1.165) is 30.0 Å². The molecule has 1 aliphatic rings. The predicted molar refractivity (Wildman–Crippen MR) is 105 cm³/mol. The van der Waals surface area contributed by atoms with Crippen LogP contribution in [-0.2, 0) is 16.0 Å². The number of anilines is 1. The number of benzene rings is 2. The van der Waals surface area contributed by atoms with Crippen LogP contribution in [0.15, 0.2) is 42.5 Å². The molecule has 2 aromatic carbocycles. The van der Waals surface area contributed by atoms with Crippen molar-refractivity contribution in [1.29, 1.82) is 0 Å². The maximum Gasteiger partial charge on any atom is 0.307 e. The summed E-state index contributed by atoms with van der Waals surface area (Å²) in [5.41, 5.74) is 2.67. The SMILES string of the molecule is COc1cc(CC(=O)O)c(F)cc1NC(=O)C1=CCCC(C)c2ccccc21. The third-order valence-corrected chi connectivity index (χ3v) is 4.93. The highest BCUT2D eigenvalue weighted by Gasteiger charge is 2.22. The van der Waals surface area contributed by atoms with E-state index in [0.29, 0.717) is 11.5 Å². The lowest BCUT2D eigenvalue weighted by Crippen LogP contribution is -2.16. The van der Waals surface area contributed by atoms with Gasteiger partial charge in [0.2, 0.25) is 0 Å². The fourth-order valence-corrected chi connectivity index (χ4v) is 3.48. The molecule has 5 nitrogen and oxygen atoms in total. The number of nitrogens with one attached hydrogen (secondary N) is 1. The van der Waals surface area contributed by atoms with Crippen LogP contribution in [0.5, 0.6) is 5.75 Å². The number of fused-ring (bicyclic) bond motifs is 1. The second-order valence-electron chi connectivity index (χ2n) is 6.85. The fraction of sp³-hybridized carbons (Fsp3) is 0.273. The van der Waals surface area contributed by atoms with Gasteiger partial charge in [0.05, 0.1) is 19.2 Å². The van der Waals surface area contributed by atoms with Crippen molar-refractivity contribution in [3.05, 3.63) is 65.0 Å². The van der Waals surface area contributed by atoms with Crippen molar-refractivity contribution in [3.8, 4) is 5.75 Å². The van der Waals surface area contributed by atoms with Gasteiger partial charge in [-0.05, 0) is 36.0 Å². The summed E-state index contributed by atoms with van der Waals surface area (Å²) in [5.74, 6) is -1.67. The number of carbonyl (C=O) groups excluding carboxylic acids is 1. The minimum absolute atomic E-state index is 0.00444. The Bertz CT molecular complexity index is 952. The molecule has 0 bridgehead atoms. The summed E-state index contributed by atoms with van der Waals surface area (Å²) in [6.07, 6.45) is 3.14. The first kappa shape index (κ1) is 19.6. The van der Waals surface area contributed by atoms with Crippen LogP contribution < -0.4 is 10.1 Å². The minimum Gasteiger partial charge on any atom is -0.495 e. The van der Waals surface area contributed by atoms with Crippen LogP contribution in [0.4, 0.5) is 10.1 Å². The van der Waals surface area contributed by atoms with Crippen LogP contribution >= 0.6 is 0 Å². The smallest absolute Gasteiger partial charge is 0.307 e. The van der Waals surface area contributed by atoms with Crippen molar-refractivity contribution in [2.24, 2.45) is 0 Å². The molecule has 0 radical (unpaired) electrons. The van der Waals surface area contributed by atoms with Crippen molar-refractivity contribution >= 4 is 23.1 Å². The van der Waals surface area contributed by atoms with Crippen molar-refractivity contribution in [2.45, 2.75) is 32.1 Å². The van der Waals surface area contributed by atoms with Crippen LogP contribution in [0.25, 0.3) is 5.57 Å². The zero-order chi connectivity index (χ0) is 20.3. The largest absolute Gasteiger partial charge is 0.495 e. The van der Waals surface area contributed by atoms with Gasteiger partial charge in [-0.1, -0.05) is 37.3 Å². The lowest BCUT2D eigenvalue weighted by molar-refractivity contribution is -0.136. The Labute approximate surface area is 162 Å². The lowest BCUT2D eigenvalue weighted by Gasteiger charge is -2.16.